The van der Waals surface area contributed by atoms with E-state index < -0.39 is 0 Å². The molecule has 1 aromatic heterocycles. The number of rotatable bonds is 2. The van der Waals surface area contributed by atoms with Gasteiger partial charge in [-0.1, -0.05) is 30.3 Å². The van der Waals surface area contributed by atoms with Gasteiger partial charge in [-0.3, -0.25) is 4.68 Å². The van der Waals surface area contributed by atoms with E-state index in [9.17, 15) is 4.91 Å². The molecule has 0 fully saturated rings. The van der Waals surface area contributed by atoms with Gasteiger partial charge in [-0.15, -0.1) is 4.91 Å². The first-order valence-corrected chi connectivity index (χ1v) is 4.23. The second kappa shape index (κ2) is 3.41. The molecule has 0 bridgehead atoms. The van der Waals surface area contributed by atoms with Gasteiger partial charge in [0, 0.05) is 12.6 Å². The predicted molar refractivity (Wildman–Crippen MR) is 54.1 cm³/mol. The van der Waals surface area contributed by atoms with Crippen LogP contribution in [0, 0.1) is 4.91 Å². The summed E-state index contributed by atoms with van der Waals surface area (Å²) in [5.41, 5.74) is 2.07. The van der Waals surface area contributed by atoms with Crippen LogP contribution in [-0.2, 0) is 7.05 Å². The molecular weight excluding hydrogens is 178 g/mol. The molecule has 70 valence electrons. The van der Waals surface area contributed by atoms with Crippen molar-refractivity contribution in [3.8, 4) is 11.3 Å². The molecule has 0 saturated heterocycles. The third-order valence-electron chi connectivity index (χ3n) is 2.07. The van der Waals surface area contributed by atoms with Crippen LogP contribution in [0.1, 0.15) is 0 Å². The number of hydrogen-bond acceptors (Lipinski definition) is 3. The first kappa shape index (κ1) is 8.62. The zero-order valence-electron chi connectivity index (χ0n) is 7.71. The van der Waals surface area contributed by atoms with Crippen LogP contribution in [0.4, 0.5) is 5.69 Å². The lowest BCUT2D eigenvalue weighted by molar-refractivity contribution is 0.776. The quantitative estimate of drug-likeness (QED) is 0.678. The fourth-order valence-electron chi connectivity index (χ4n) is 1.42. The number of hydrogen-bond donors (Lipinski definition) is 0. The van der Waals surface area contributed by atoms with Gasteiger partial charge in [-0.2, -0.15) is 5.10 Å². The van der Waals surface area contributed by atoms with Crippen molar-refractivity contribution < 1.29 is 0 Å². The smallest absolute Gasteiger partial charge is 0.153 e. The van der Waals surface area contributed by atoms with Crippen molar-refractivity contribution in [1.82, 2.24) is 9.78 Å². The Kier molecular flexibility index (Phi) is 2.10. The Hall–Kier alpha value is -1.97. The highest BCUT2D eigenvalue weighted by molar-refractivity contribution is 5.71. The molecule has 0 aliphatic heterocycles. The standard InChI is InChI=1S/C10H9N3O/c1-13-10(9(12-14)7-11-13)8-5-3-2-4-6-8/h2-7H,1H3. The Labute approximate surface area is 81.2 Å². The molecule has 0 spiro atoms. The maximum atomic E-state index is 10.5. The van der Waals surface area contributed by atoms with E-state index in [0.29, 0.717) is 5.69 Å². The minimum absolute atomic E-state index is 0.374. The molecule has 2 rings (SSSR count). The van der Waals surface area contributed by atoms with Crippen LogP contribution in [0.15, 0.2) is 41.7 Å². The fourth-order valence-corrected chi connectivity index (χ4v) is 1.42. The van der Waals surface area contributed by atoms with Crippen molar-refractivity contribution in [2.24, 2.45) is 12.2 Å². The highest BCUT2D eigenvalue weighted by Gasteiger charge is 2.10. The minimum Gasteiger partial charge on any atom is -0.266 e. The summed E-state index contributed by atoms with van der Waals surface area (Å²) in [6, 6.07) is 9.60. The number of nitrogens with zero attached hydrogens (tertiary/aromatic N) is 3. The van der Waals surface area contributed by atoms with Crippen LogP contribution in [0.2, 0.25) is 0 Å². The van der Waals surface area contributed by atoms with Crippen molar-refractivity contribution in [2.45, 2.75) is 0 Å². The summed E-state index contributed by atoms with van der Waals surface area (Å²) in [4.78, 5) is 10.5. The average Bonchev–Trinajstić information content (AvgIpc) is 2.61. The van der Waals surface area contributed by atoms with E-state index in [1.54, 1.807) is 11.7 Å². The van der Waals surface area contributed by atoms with Gasteiger partial charge in [0.1, 0.15) is 0 Å². The van der Waals surface area contributed by atoms with Gasteiger partial charge in [0.2, 0.25) is 0 Å². The average molecular weight is 187 g/mol. The molecule has 0 atom stereocenters. The van der Waals surface area contributed by atoms with Crippen LogP contribution in [0.5, 0.6) is 0 Å². The summed E-state index contributed by atoms with van der Waals surface area (Å²) >= 11 is 0. The molecule has 0 aliphatic carbocycles. The van der Waals surface area contributed by atoms with Gasteiger partial charge in [0.15, 0.2) is 5.69 Å². The molecule has 0 radical (unpaired) electrons. The first-order valence-electron chi connectivity index (χ1n) is 4.23. The monoisotopic (exact) mass is 187 g/mol. The van der Waals surface area contributed by atoms with Crippen LogP contribution >= 0.6 is 0 Å². The molecule has 1 heterocycles. The lowest BCUT2D eigenvalue weighted by Crippen LogP contribution is -1.92. The maximum Gasteiger partial charge on any atom is 0.153 e. The number of aromatic nitrogens is 2. The Bertz CT molecular complexity index is 448. The fraction of sp³-hybridized carbons (Fsp3) is 0.100. The Morgan fingerprint density at radius 2 is 2.00 bits per heavy atom. The van der Waals surface area contributed by atoms with E-state index in [2.05, 4.69) is 10.3 Å². The maximum absolute atomic E-state index is 10.5. The highest BCUT2D eigenvalue weighted by atomic mass is 16.3. The SMILES string of the molecule is Cn1ncc(N=O)c1-c1ccccc1. The van der Waals surface area contributed by atoms with E-state index in [4.69, 9.17) is 0 Å². The predicted octanol–water partition coefficient (Wildman–Crippen LogP) is 2.49. The molecule has 0 unspecified atom stereocenters. The Balaban J connectivity index is 2.61. The normalized spacial score (nSPS) is 10.1. The largest absolute Gasteiger partial charge is 0.266 e. The molecule has 0 amide bonds. The molecular formula is C10H9N3O. The molecule has 4 heteroatoms. The van der Waals surface area contributed by atoms with Crippen molar-refractivity contribution >= 4 is 5.69 Å². The van der Waals surface area contributed by atoms with Crippen LogP contribution in [0.25, 0.3) is 11.3 Å². The topological polar surface area (TPSA) is 47.2 Å². The van der Waals surface area contributed by atoms with E-state index in [-0.39, 0.29) is 0 Å². The highest BCUT2D eigenvalue weighted by Crippen LogP contribution is 2.28. The lowest BCUT2D eigenvalue weighted by atomic mass is 10.1. The zero-order valence-corrected chi connectivity index (χ0v) is 7.71. The lowest BCUT2D eigenvalue weighted by Gasteiger charge is -2.01. The summed E-state index contributed by atoms with van der Waals surface area (Å²) in [5, 5.41) is 6.92. The van der Waals surface area contributed by atoms with Gasteiger partial charge >= 0.3 is 0 Å². The second-order valence-electron chi connectivity index (χ2n) is 2.96. The molecule has 2 aromatic rings. The van der Waals surface area contributed by atoms with Crippen LogP contribution in [-0.4, -0.2) is 9.78 Å². The van der Waals surface area contributed by atoms with Gasteiger partial charge in [-0.05, 0) is 5.18 Å². The number of aryl methyl sites for hydroxylation is 1. The molecule has 0 saturated carbocycles. The van der Waals surface area contributed by atoms with E-state index in [1.165, 1.54) is 6.20 Å². The second-order valence-corrected chi connectivity index (χ2v) is 2.96. The summed E-state index contributed by atoms with van der Waals surface area (Å²) in [7, 11) is 1.79. The summed E-state index contributed by atoms with van der Waals surface area (Å²) < 4.78 is 1.64. The molecule has 14 heavy (non-hydrogen) atoms. The summed E-state index contributed by atoms with van der Waals surface area (Å²) in [6.45, 7) is 0. The third-order valence-corrected chi connectivity index (χ3v) is 2.07. The molecule has 0 N–H and O–H groups in total. The van der Waals surface area contributed by atoms with Gasteiger partial charge in [0.25, 0.3) is 0 Å². The van der Waals surface area contributed by atoms with Gasteiger partial charge in [-0.25, -0.2) is 0 Å². The first-order chi connectivity index (χ1) is 6.83. The Morgan fingerprint density at radius 3 is 2.64 bits per heavy atom. The number of nitroso groups, excluding NO2 is 1. The molecule has 4 nitrogen and oxygen atoms in total. The van der Waals surface area contributed by atoms with Crippen molar-refractivity contribution in [3.63, 3.8) is 0 Å². The van der Waals surface area contributed by atoms with E-state index in [1.807, 2.05) is 30.3 Å². The zero-order chi connectivity index (χ0) is 9.97. The van der Waals surface area contributed by atoms with Crippen LogP contribution < -0.4 is 0 Å². The number of benzene rings is 1. The molecule has 0 aliphatic rings. The van der Waals surface area contributed by atoms with Crippen molar-refractivity contribution in [2.75, 3.05) is 0 Å². The van der Waals surface area contributed by atoms with Gasteiger partial charge in [0.05, 0.1) is 11.9 Å². The minimum atomic E-state index is 0.374. The van der Waals surface area contributed by atoms with E-state index in [0.717, 1.165) is 11.3 Å². The molecule has 1 aromatic carbocycles. The third kappa shape index (κ3) is 1.31. The van der Waals surface area contributed by atoms with Crippen LogP contribution in [0.3, 0.4) is 0 Å². The van der Waals surface area contributed by atoms with Gasteiger partial charge < -0.3 is 0 Å². The van der Waals surface area contributed by atoms with Crippen molar-refractivity contribution in [1.29, 1.82) is 0 Å². The Morgan fingerprint density at radius 1 is 1.29 bits per heavy atom. The summed E-state index contributed by atoms with van der Waals surface area (Å²) in [5.74, 6) is 0. The summed E-state index contributed by atoms with van der Waals surface area (Å²) in [6.07, 6.45) is 1.47. The van der Waals surface area contributed by atoms with Crippen molar-refractivity contribution in [3.05, 3.63) is 41.4 Å². The van der Waals surface area contributed by atoms with E-state index >= 15 is 0 Å².